The lowest BCUT2D eigenvalue weighted by molar-refractivity contribution is -0.173. The molecule has 0 fully saturated rings. The number of fused-ring (bicyclic) bond motifs is 1. The molecule has 2 rings (SSSR count). The molecule has 114 valence electrons. The van der Waals surface area contributed by atoms with Crippen LogP contribution in [-0.2, 0) is 20.7 Å². The Morgan fingerprint density at radius 2 is 2.00 bits per heavy atom. The average Bonchev–Trinajstić information content (AvgIpc) is 2.72. The zero-order chi connectivity index (χ0) is 15.8. The number of methoxy groups -OCH3 is 1. The van der Waals surface area contributed by atoms with Gasteiger partial charge in [0.1, 0.15) is 0 Å². The van der Waals surface area contributed by atoms with E-state index in [-0.39, 0.29) is 17.0 Å². The van der Waals surface area contributed by atoms with Crippen LogP contribution in [0.25, 0.3) is 0 Å². The Labute approximate surface area is 117 Å². The van der Waals surface area contributed by atoms with Crippen molar-refractivity contribution < 1.29 is 32.6 Å². The van der Waals surface area contributed by atoms with Crippen molar-refractivity contribution in [1.82, 2.24) is 0 Å². The lowest BCUT2D eigenvalue weighted by Gasteiger charge is -2.34. The van der Waals surface area contributed by atoms with Crippen molar-refractivity contribution in [2.75, 3.05) is 18.6 Å². The number of amides is 1. The van der Waals surface area contributed by atoms with Crippen LogP contribution >= 0.6 is 0 Å². The maximum absolute atomic E-state index is 12.8. The summed E-state index contributed by atoms with van der Waals surface area (Å²) in [4.78, 5) is 23.6. The first-order valence-corrected chi connectivity index (χ1v) is 5.95. The average molecular weight is 303 g/mol. The molecule has 0 saturated carbocycles. The maximum atomic E-state index is 12.8. The molecular weight excluding hydrogens is 291 g/mol. The highest BCUT2D eigenvalue weighted by atomic mass is 19.4. The van der Waals surface area contributed by atoms with Gasteiger partial charge < -0.3 is 9.84 Å². The van der Waals surface area contributed by atoms with Crippen molar-refractivity contribution in [2.24, 2.45) is 0 Å². The lowest BCUT2D eigenvalue weighted by atomic mass is 9.95. The van der Waals surface area contributed by atoms with E-state index in [0.717, 1.165) is 0 Å². The third-order valence-corrected chi connectivity index (χ3v) is 3.37. The van der Waals surface area contributed by atoms with Crippen molar-refractivity contribution in [1.29, 1.82) is 0 Å². The van der Waals surface area contributed by atoms with Crippen molar-refractivity contribution >= 4 is 17.6 Å². The fourth-order valence-electron chi connectivity index (χ4n) is 2.52. The number of para-hydroxylation sites is 1. The quantitative estimate of drug-likeness (QED) is 0.921. The van der Waals surface area contributed by atoms with Gasteiger partial charge in [0.25, 0.3) is 0 Å². The van der Waals surface area contributed by atoms with Gasteiger partial charge in [0.05, 0.1) is 6.61 Å². The molecule has 1 heterocycles. The van der Waals surface area contributed by atoms with Gasteiger partial charge in [0.2, 0.25) is 0 Å². The van der Waals surface area contributed by atoms with E-state index in [0.29, 0.717) is 5.56 Å². The number of hydrogen-bond donors (Lipinski definition) is 1. The van der Waals surface area contributed by atoms with Gasteiger partial charge in [-0.05, 0) is 11.6 Å². The second-order valence-corrected chi connectivity index (χ2v) is 4.71. The third kappa shape index (κ3) is 2.35. The Kier molecular flexibility index (Phi) is 3.66. The highest BCUT2D eigenvalue weighted by Gasteiger charge is 2.58. The van der Waals surface area contributed by atoms with Crippen LogP contribution in [0.4, 0.5) is 18.9 Å². The molecule has 5 nitrogen and oxygen atoms in total. The Bertz CT molecular complexity index is 587. The molecule has 1 amide bonds. The molecule has 0 saturated heterocycles. The standard InChI is InChI=1S/C13H12F3NO4/c1-21-7-12(11(19)20)6-8-4-2-3-5-9(8)17(12)10(18)13(14,15)16/h2-5H,6-7H2,1H3,(H,19,20). The number of carboxylic acid groups (broad SMARTS) is 1. The van der Waals surface area contributed by atoms with Crippen molar-refractivity contribution in [3.05, 3.63) is 29.8 Å². The van der Waals surface area contributed by atoms with Crippen LogP contribution in [0.15, 0.2) is 24.3 Å². The van der Waals surface area contributed by atoms with Gasteiger partial charge in [-0.15, -0.1) is 0 Å². The Balaban J connectivity index is 2.62. The zero-order valence-electron chi connectivity index (χ0n) is 11.0. The van der Waals surface area contributed by atoms with Gasteiger partial charge in [-0.2, -0.15) is 13.2 Å². The summed E-state index contributed by atoms with van der Waals surface area (Å²) in [5.74, 6) is -3.76. The second kappa shape index (κ2) is 5.03. The number of hydrogen-bond acceptors (Lipinski definition) is 3. The van der Waals surface area contributed by atoms with Crippen molar-refractivity contribution in [2.45, 2.75) is 18.1 Å². The molecule has 1 aromatic carbocycles. The van der Waals surface area contributed by atoms with Crippen molar-refractivity contribution in [3.8, 4) is 0 Å². The molecular formula is C13H12F3NO4. The first kappa shape index (κ1) is 15.3. The zero-order valence-corrected chi connectivity index (χ0v) is 11.0. The van der Waals surface area contributed by atoms with Crippen LogP contribution in [0.1, 0.15) is 5.56 Å². The second-order valence-electron chi connectivity index (χ2n) is 4.71. The minimum Gasteiger partial charge on any atom is -0.479 e. The van der Waals surface area contributed by atoms with Crippen LogP contribution in [0.2, 0.25) is 0 Å². The summed E-state index contributed by atoms with van der Waals surface area (Å²) in [7, 11) is 1.17. The molecule has 1 unspecified atom stereocenters. The summed E-state index contributed by atoms with van der Waals surface area (Å²) >= 11 is 0. The summed E-state index contributed by atoms with van der Waals surface area (Å²) in [6, 6.07) is 5.80. The van der Waals surface area contributed by atoms with E-state index in [1.807, 2.05) is 0 Å². The molecule has 0 aromatic heterocycles. The summed E-state index contributed by atoms with van der Waals surface area (Å²) in [6.07, 6.45) is -5.42. The first-order valence-electron chi connectivity index (χ1n) is 5.95. The van der Waals surface area contributed by atoms with Crippen LogP contribution in [0.5, 0.6) is 0 Å². The topological polar surface area (TPSA) is 66.8 Å². The van der Waals surface area contributed by atoms with E-state index in [4.69, 9.17) is 4.74 Å². The number of benzene rings is 1. The minimum absolute atomic E-state index is 0.0562. The van der Waals surface area contributed by atoms with E-state index in [1.54, 1.807) is 6.07 Å². The Hall–Kier alpha value is -2.09. The number of ether oxygens (including phenoxy) is 1. The fraction of sp³-hybridized carbons (Fsp3) is 0.385. The number of anilines is 1. The largest absolute Gasteiger partial charge is 0.479 e. The Morgan fingerprint density at radius 3 is 2.52 bits per heavy atom. The first-order chi connectivity index (χ1) is 9.74. The molecule has 1 aliphatic rings. The number of nitrogens with zero attached hydrogens (tertiary/aromatic N) is 1. The summed E-state index contributed by atoms with van der Waals surface area (Å²) < 4.78 is 43.2. The Morgan fingerprint density at radius 1 is 1.38 bits per heavy atom. The molecule has 0 aliphatic carbocycles. The van der Waals surface area contributed by atoms with E-state index in [2.05, 4.69) is 0 Å². The van der Waals surface area contributed by atoms with Crippen molar-refractivity contribution in [3.63, 3.8) is 0 Å². The molecule has 1 atom stereocenters. The molecule has 0 bridgehead atoms. The molecule has 1 N–H and O–H groups in total. The number of carbonyl (C=O) groups is 2. The number of rotatable bonds is 3. The van der Waals surface area contributed by atoms with Crippen LogP contribution in [-0.4, -0.2) is 42.4 Å². The fourth-order valence-corrected chi connectivity index (χ4v) is 2.52. The molecule has 1 aliphatic heterocycles. The van der Waals surface area contributed by atoms with Crippen LogP contribution in [0.3, 0.4) is 0 Å². The van der Waals surface area contributed by atoms with E-state index >= 15 is 0 Å². The summed E-state index contributed by atoms with van der Waals surface area (Å²) in [6.45, 7) is -0.543. The minimum atomic E-state index is -5.17. The number of alkyl halides is 3. The van der Waals surface area contributed by atoms with Gasteiger partial charge in [0, 0.05) is 19.2 Å². The van der Waals surface area contributed by atoms with E-state index in [1.165, 1.54) is 25.3 Å². The highest BCUT2D eigenvalue weighted by molar-refractivity contribution is 6.07. The maximum Gasteiger partial charge on any atom is 0.471 e. The SMILES string of the molecule is COCC1(C(=O)O)Cc2ccccc2N1C(=O)C(F)(F)F. The predicted octanol–water partition coefficient (Wildman–Crippen LogP) is 1.61. The normalized spacial score (nSPS) is 21.2. The number of carboxylic acids is 1. The van der Waals surface area contributed by atoms with Gasteiger partial charge >= 0.3 is 18.1 Å². The molecule has 21 heavy (non-hydrogen) atoms. The lowest BCUT2D eigenvalue weighted by Crippen LogP contribution is -2.61. The third-order valence-electron chi connectivity index (χ3n) is 3.37. The number of carbonyl (C=O) groups excluding carboxylic acids is 1. The predicted molar refractivity (Wildman–Crippen MR) is 65.9 cm³/mol. The van der Waals surface area contributed by atoms with Gasteiger partial charge in [-0.3, -0.25) is 9.69 Å². The molecule has 0 spiro atoms. The molecule has 1 aromatic rings. The van der Waals surface area contributed by atoms with E-state index < -0.39 is 30.2 Å². The summed E-state index contributed by atoms with van der Waals surface area (Å²) in [5, 5.41) is 9.41. The van der Waals surface area contributed by atoms with Gasteiger partial charge in [-0.25, -0.2) is 4.79 Å². The number of aliphatic carboxylic acids is 1. The monoisotopic (exact) mass is 303 g/mol. The summed E-state index contributed by atoms with van der Waals surface area (Å²) in [5.41, 5.74) is -1.79. The van der Waals surface area contributed by atoms with Gasteiger partial charge in [0.15, 0.2) is 5.54 Å². The molecule has 8 heteroatoms. The van der Waals surface area contributed by atoms with E-state index in [9.17, 15) is 27.9 Å². The van der Waals surface area contributed by atoms with Crippen LogP contribution < -0.4 is 4.90 Å². The van der Waals surface area contributed by atoms with Gasteiger partial charge in [-0.1, -0.05) is 18.2 Å². The van der Waals surface area contributed by atoms with Crippen LogP contribution in [0, 0.1) is 0 Å². The highest BCUT2D eigenvalue weighted by Crippen LogP contribution is 2.41. The smallest absolute Gasteiger partial charge is 0.471 e. The number of halogens is 3. The molecule has 0 radical (unpaired) electrons.